The summed E-state index contributed by atoms with van der Waals surface area (Å²) in [6, 6.07) is 6.40. The minimum atomic E-state index is 0.138. The molecule has 4 aromatic rings. The van der Waals surface area contributed by atoms with Crippen LogP contribution in [0.4, 0.5) is 11.5 Å². The minimum absolute atomic E-state index is 0.138. The molecule has 6 rings (SSSR count). The fraction of sp³-hybridized carbons (Fsp3) is 0.360. The maximum Gasteiger partial charge on any atom is 0.257 e. The number of anilines is 2. The maximum absolute atomic E-state index is 6.20. The molecule has 0 radical (unpaired) electrons. The van der Waals surface area contributed by atoms with Gasteiger partial charge in [0, 0.05) is 23.5 Å². The van der Waals surface area contributed by atoms with Crippen LogP contribution in [0.5, 0.6) is 5.75 Å². The van der Waals surface area contributed by atoms with Gasteiger partial charge in [0.1, 0.15) is 17.3 Å². The number of rotatable bonds is 1. The quantitative estimate of drug-likeness (QED) is 0.423. The third kappa shape index (κ3) is 3.06. The lowest BCUT2D eigenvalue weighted by atomic mass is 10.1. The van der Waals surface area contributed by atoms with Gasteiger partial charge in [-0.15, -0.1) is 10.2 Å². The van der Waals surface area contributed by atoms with Gasteiger partial charge < -0.3 is 9.64 Å². The third-order valence-corrected chi connectivity index (χ3v) is 6.34. The van der Waals surface area contributed by atoms with Crippen molar-refractivity contribution in [1.29, 1.82) is 0 Å². The molecule has 1 aliphatic heterocycles. The molecule has 160 valence electrons. The SMILES string of the molecule is Cc1ccc2c(c1)c(N1CCCOc3c(C#CC4(C)CC4)cncc31)nc1nnc(C)n12. The number of hydrogen-bond donors (Lipinski definition) is 0. The van der Waals surface area contributed by atoms with Gasteiger partial charge in [-0.2, -0.15) is 4.98 Å². The highest BCUT2D eigenvalue weighted by Crippen LogP contribution is 2.45. The number of fused-ring (bicyclic) bond motifs is 4. The summed E-state index contributed by atoms with van der Waals surface area (Å²) in [5.74, 6) is 9.80. The van der Waals surface area contributed by atoms with E-state index in [2.05, 4.69) is 64.0 Å². The van der Waals surface area contributed by atoms with Crippen LogP contribution in [0.25, 0.3) is 16.7 Å². The van der Waals surface area contributed by atoms with E-state index in [0.717, 1.165) is 65.4 Å². The highest BCUT2D eigenvalue weighted by Gasteiger charge is 2.35. The molecular formula is C25H24N6O. The number of aromatic nitrogens is 5. The predicted molar refractivity (Wildman–Crippen MR) is 123 cm³/mol. The maximum atomic E-state index is 6.20. The molecule has 2 aliphatic rings. The molecule has 32 heavy (non-hydrogen) atoms. The van der Waals surface area contributed by atoms with Crippen molar-refractivity contribution >= 4 is 28.2 Å². The molecule has 3 aromatic heterocycles. The average molecular weight is 425 g/mol. The number of hydrogen-bond acceptors (Lipinski definition) is 6. The van der Waals surface area contributed by atoms with Crippen LogP contribution in [0, 0.1) is 31.1 Å². The van der Waals surface area contributed by atoms with Crippen LogP contribution in [0.2, 0.25) is 0 Å². The van der Waals surface area contributed by atoms with Crippen molar-refractivity contribution in [3.8, 4) is 17.6 Å². The Hall–Kier alpha value is -3.66. The Bertz CT molecular complexity index is 1440. The molecule has 7 heteroatoms. The van der Waals surface area contributed by atoms with E-state index in [9.17, 15) is 0 Å². The van der Waals surface area contributed by atoms with Gasteiger partial charge in [-0.25, -0.2) is 0 Å². The van der Waals surface area contributed by atoms with E-state index < -0.39 is 0 Å². The van der Waals surface area contributed by atoms with Crippen LogP contribution in [-0.2, 0) is 0 Å². The number of ether oxygens (including phenoxy) is 1. The van der Waals surface area contributed by atoms with Crippen LogP contribution < -0.4 is 9.64 Å². The zero-order valence-corrected chi connectivity index (χ0v) is 18.5. The Morgan fingerprint density at radius 1 is 1.12 bits per heavy atom. The molecule has 0 amide bonds. The Morgan fingerprint density at radius 3 is 2.84 bits per heavy atom. The van der Waals surface area contributed by atoms with E-state index in [4.69, 9.17) is 9.72 Å². The van der Waals surface area contributed by atoms with E-state index >= 15 is 0 Å². The summed E-state index contributed by atoms with van der Waals surface area (Å²) in [5.41, 5.74) is 4.08. The van der Waals surface area contributed by atoms with Crippen LogP contribution >= 0.6 is 0 Å². The monoisotopic (exact) mass is 424 g/mol. The summed E-state index contributed by atoms with van der Waals surface area (Å²) in [6.07, 6.45) is 6.84. The zero-order chi connectivity index (χ0) is 21.9. The Kier molecular flexibility index (Phi) is 4.12. The van der Waals surface area contributed by atoms with E-state index in [1.54, 1.807) is 0 Å². The predicted octanol–water partition coefficient (Wildman–Crippen LogP) is 4.36. The first-order valence-corrected chi connectivity index (χ1v) is 11.1. The second-order valence-electron chi connectivity index (χ2n) is 9.04. The second-order valence-corrected chi connectivity index (χ2v) is 9.04. The molecule has 1 aliphatic carbocycles. The summed E-state index contributed by atoms with van der Waals surface area (Å²) in [4.78, 5) is 11.7. The van der Waals surface area contributed by atoms with E-state index in [-0.39, 0.29) is 5.41 Å². The van der Waals surface area contributed by atoms with Crippen molar-refractivity contribution in [2.75, 3.05) is 18.1 Å². The third-order valence-electron chi connectivity index (χ3n) is 6.34. The molecule has 0 unspecified atom stereocenters. The van der Waals surface area contributed by atoms with Gasteiger partial charge in [-0.3, -0.25) is 9.38 Å². The summed E-state index contributed by atoms with van der Waals surface area (Å²) >= 11 is 0. The topological polar surface area (TPSA) is 68.4 Å². The molecule has 1 saturated carbocycles. The van der Waals surface area contributed by atoms with E-state index in [1.165, 1.54) is 5.56 Å². The Morgan fingerprint density at radius 2 is 2.00 bits per heavy atom. The smallest absolute Gasteiger partial charge is 0.257 e. The van der Waals surface area contributed by atoms with Gasteiger partial charge in [-0.1, -0.05) is 23.5 Å². The van der Waals surface area contributed by atoms with Gasteiger partial charge in [0.15, 0.2) is 5.75 Å². The molecule has 0 bridgehead atoms. The van der Waals surface area contributed by atoms with E-state index in [0.29, 0.717) is 12.4 Å². The molecule has 1 fully saturated rings. The molecule has 0 saturated heterocycles. The van der Waals surface area contributed by atoms with Crippen LogP contribution in [0.15, 0.2) is 30.6 Å². The number of nitrogens with zero attached hydrogens (tertiary/aromatic N) is 6. The van der Waals surface area contributed by atoms with Gasteiger partial charge in [0.25, 0.3) is 5.78 Å². The lowest BCUT2D eigenvalue weighted by Gasteiger charge is -2.24. The fourth-order valence-electron chi connectivity index (χ4n) is 4.23. The molecule has 7 nitrogen and oxygen atoms in total. The standard InChI is InChI=1S/C25H24N6O/c1-16-5-6-20-19(13-16)23(27-24-29-28-17(2)31(20)24)30-11-4-12-32-22-18(14-26-15-21(22)30)7-8-25(3)9-10-25/h5-6,13-15H,4,9-12H2,1-3H3. The largest absolute Gasteiger partial charge is 0.490 e. The van der Waals surface area contributed by atoms with Crippen LogP contribution in [-0.4, -0.2) is 37.7 Å². The number of benzene rings is 1. The van der Waals surface area contributed by atoms with Crippen molar-refractivity contribution in [2.24, 2.45) is 5.41 Å². The molecular weight excluding hydrogens is 400 g/mol. The molecule has 0 spiro atoms. The first-order valence-electron chi connectivity index (χ1n) is 11.1. The number of aryl methyl sites for hydroxylation is 2. The minimum Gasteiger partial charge on any atom is -0.490 e. The molecule has 0 N–H and O–H groups in total. The lowest BCUT2D eigenvalue weighted by Crippen LogP contribution is -2.20. The van der Waals surface area contributed by atoms with Gasteiger partial charge in [0.05, 0.1) is 23.9 Å². The fourth-order valence-corrected chi connectivity index (χ4v) is 4.23. The summed E-state index contributed by atoms with van der Waals surface area (Å²) in [5, 5.41) is 9.63. The first kappa shape index (κ1) is 19.1. The van der Waals surface area contributed by atoms with Gasteiger partial charge in [-0.05, 0) is 52.2 Å². The van der Waals surface area contributed by atoms with Gasteiger partial charge in [0.2, 0.25) is 0 Å². The van der Waals surface area contributed by atoms with Crippen LogP contribution in [0.1, 0.15) is 43.1 Å². The molecule has 1 aromatic carbocycles. The summed E-state index contributed by atoms with van der Waals surface area (Å²) in [7, 11) is 0. The normalized spacial score (nSPS) is 16.8. The summed E-state index contributed by atoms with van der Waals surface area (Å²) in [6.45, 7) is 7.65. The second kappa shape index (κ2) is 6.92. The zero-order valence-electron chi connectivity index (χ0n) is 18.5. The van der Waals surface area contributed by atoms with Gasteiger partial charge >= 0.3 is 0 Å². The number of pyridine rings is 1. The summed E-state index contributed by atoms with van der Waals surface area (Å²) < 4.78 is 8.20. The van der Waals surface area contributed by atoms with E-state index in [1.807, 2.05) is 23.7 Å². The van der Waals surface area contributed by atoms with Crippen LogP contribution in [0.3, 0.4) is 0 Å². The van der Waals surface area contributed by atoms with Crippen molar-refractivity contribution in [3.05, 3.63) is 47.5 Å². The Labute approximate surface area is 186 Å². The van der Waals surface area contributed by atoms with Crippen molar-refractivity contribution in [2.45, 2.75) is 40.0 Å². The first-order chi connectivity index (χ1) is 15.5. The lowest BCUT2D eigenvalue weighted by molar-refractivity contribution is 0.321. The average Bonchev–Trinajstić information content (AvgIpc) is 3.47. The van der Waals surface area contributed by atoms with Crippen molar-refractivity contribution in [3.63, 3.8) is 0 Å². The highest BCUT2D eigenvalue weighted by atomic mass is 16.5. The highest BCUT2D eigenvalue weighted by molar-refractivity contribution is 5.94. The molecule has 0 atom stereocenters. The molecule has 4 heterocycles. The van der Waals surface area contributed by atoms with Crippen molar-refractivity contribution in [1.82, 2.24) is 24.6 Å². The van der Waals surface area contributed by atoms with Crippen molar-refractivity contribution < 1.29 is 4.74 Å². The Balaban J connectivity index is 1.58.